The van der Waals surface area contributed by atoms with Gasteiger partial charge >= 0.3 is 7.82 Å². The van der Waals surface area contributed by atoms with Gasteiger partial charge in [-0.05, 0) is 116 Å². The molecule has 0 unspecified atom stereocenters. The summed E-state index contributed by atoms with van der Waals surface area (Å²) in [5, 5.41) is 0. The van der Waals surface area contributed by atoms with Crippen LogP contribution in [0.2, 0.25) is 0 Å². The summed E-state index contributed by atoms with van der Waals surface area (Å²) in [5.41, 5.74) is -1.64. The van der Waals surface area contributed by atoms with E-state index in [1.54, 1.807) is 0 Å². The van der Waals surface area contributed by atoms with Gasteiger partial charge in [0.2, 0.25) is 0 Å². The van der Waals surface area contributed by atoms with Crippen molar-refractivity contribution in [3.8, 4) is 0 Å². The van der Waals surface area contributed by atoms with E-state index in [1.165, 1.54) is 38.5 Å². The molecule has 0 aromatic carbocycles. The Morgan fingerprint density at radius 3 is 0.780 bits per heavy atom. The second-order valence-corrected chi connectivity index (χ2v) is 18.3. The fourth-order valence-electron chi connectivity index (χ4n) is 9.02. The van der Waals surface area contributed by atoms with Crippen molar-refractivity contribution in [3.63, 3.8) is 0 Å². The van der Waals surface area contributed by atoms with E-state index in [0.717, 1.165) is 174 Å². The summed E-state index contributed by atoms with van der Waals surface area (Å²) in [6.07, 6.45) is 25.8. The summed E-state index contributed by atoms with van der Waals surface area (Å²) in [6.45, 7) is 22.8. The van der Waals surface area contributed by atoms with E-state index >= 15 is 4.57 Å². The fourth-order valence-corrected chi connectivity index (χ4v) is 11.3. The second kappa shape index (κ2) is 23.7. The highest BCUT2D eigenvalue weighted by atomic mass is 31.2. The van der Waals surface area contributed by atoms with Crippen molar-refractivity contribution in [1.82, 2.24) is 14.7 Å². The number of unbranched alkanes of at least 4 members (excludes halogenated alkanes) is 6. The average molecular weight is 726 g/mol. The van der Waals surface area contributed by atoms with Crippen LogP contribution in [-0.2, 0) is 18.1 Å². The highest BCUT2D eigenvalue weighted by molar-refractivity contribution is 7.48. The number of hydrogen-bond donors (Lipinski definition) is 0. The normalized spacial score (nSPS) is 19.0. The topological polar surface area (TPSA) is 54.5 Å². The quantitative estimate of drug-likeness (QED) is 0.0683. The second-order valence-electron chi connectivity index (χ2n) is 16.8. The van der Waals surface area contributed by atoms with Gasteiger partial charge in [0, 0.05) is 19.6 Å². The molecule has 3 heterocycles. The molecule has 3 saturated heterocycles. The maximum absolute atomic E-state index is 16.4. The maximum atomic E-state index is 16.4. The van der Waals surface area contributed by atoms with Gasteiger partial charge in [0.15, 0.2) is 0 Å². The lowest BCUT2D eigenvalue weighted by atomic mass is 9.90. The molecular formula is C42H84N3O4P. The molecule has 0 N–H and O–H groups in total. The fraction of sp³-hybridized carbons (Fsp3) is 1.00. The number of hydrogen-bond acceptors (Lipinski definition) is 7. The zero-order valence-corrected chi connectivity index (χ0v) is 35.2. The molecule has 0 aromatic heterocycles. The van der Waals surface area contributed by atoms with Gasteiger partial charge in [-0.3, -0.25) is 13.6 Å². The maximum Gasteiger partial charge on any atom is 0.476 e. The van der Waals surface area contributed by atoms with E-state index in [9.17, 15) is 0 Å². The highest BCUT2D eigenvalue weighted by Gasteiger charge is 2.52. The third-order valence-corrected chi connectivity index (χ3v) is 13.8. The number of nitrogens with zero attached hydrogens (tertiary/aromatic N) is 3. The molecule has 0 atom stereocenters. The molecule has 3 aliphatic heterocycles. The minimum atomic E-state index is -4.08. The summed E-state index contributed by atoms with van der Waals surface area (Å²) >= 11 is 0. The third-order valence-electron chi connectivity index (χ3n) is 12.0. The van der Waals surface area contributed by atoms with Crippen molar-refractivity contribution < 1.29 is 18.1 Å². The van der Waals surface area contributed by atoms with E-state index in [1.807, 2.05) is 0 Å². The Kier molecular flexibility index (Phi) is 21.0. The lowest BCUT2D eigenvalue weighted by molar-refractivity contribution is -0.0988. The monoisotopic (exact) mass is 726 g/mol. The van der Waals surface area contributed by atoms with Crippen LogP contribution in [0.25, 0.3) is 0 Å². The molecule has 0 radical (unpaired) electrons. The van der Waals surface area contributed by atoms with Gasteiger partial charge in [-0.25, -0.2) is 4.57 Å². The van der Waals surface area contributed by atoms with Gasteiger partial charge in [-0.15, -0.1) is 0 Å². The Morgan fingerprint density at radius 2 is 0.600 bits per heavy atom. The van der Waals surface area contributed by atoms with Crippen LogP contribution in [0.3, 0.4) is 0 Å². The summed E-state index contributed by atoms with van der Waals surface area (Å²) < 4.78 is 38.9. The summed E-state index contributed by atoms with van der Waals surface area (Å²) in [5.74, 6) is 0. The molecule has 3 rings (SSSR count). The van der Waals surface area contributed by atoms with Gasteiger partial charge in [-0.1, -0.05) is 119 Å². The van der Waals surface area contributed by atoms with Crippen molar-refractivity contribution in [2.75, 3.05) is 58.9 Å². The van der Waals surface area contributed by atoms with Crippen LogP contribution < -0.4 is 0 Å². The van der Waals surface area contributed by atoms with Crippen molar-refractivity contribution in [3.05, 3.63) is 0 Å². The van der Waals surface area contributed by atoms with Gasteiger partial charge in [0.1, 0.15) is 0 Å². The molecule has 0 spiro atoms. The van der Waals surface area contributed by atoms with Gasteiger partial charge in [0.25, 0.3) is 0 Å². The smallest absolute Gasteiger partial charge is 0.300 e. The first kappa shape index (κ1) is 44.4. The van der Waals surface area contributed by atoms with Crippen LogP contribution in [0, 0.1) is 0 Å². The van der Waals surface area contributed by atoms with E-state index < -0.39 is 24.6 Å². The minimum absolute atomic E-state index is 0.546. The van der Waals surface area contributed by atoms with Crippen molar-refractivity contribution in [2.45, 2.75) is 212 Å². The predicted molar refractivity (Wildman–Crippen MR) is 213 cm³/mol. The molecule has 3 fully saturated rings. The first-order valence-corrected chi connectivity index (χ1v) is 23.6. The standard InChI is InChI=1S/C42H84N3O4P/c1-7-13-25-40(26-14-8-2,37-43-31-19-20-32-43)47-50(46,48-41(27-15-9-3,28-16-10-4)38-44-33-21-22-34-44)49-42(29-17-11-5,30-18-12-6)39-45-35-23-24-36-45/h7-39H2,1-6H3. The van der Waals surface area contributed by atoms with Crippen LogP contribution in [0.15, 0.2) is 0 Å². The molecule has 3 aliphatic rings. The predicted octanol–water partition coefficient (Wildman–Crippen LogP) is 11.8. The Balaban J connectivity index is 2.19. The summed E-state index contributed by atoms with van der Waals surface area (Å²) in [4.78, 5) is 7.77. The molecule has 0 saturated carbocycles. The molecule has 7 nitrogen and oxygen atoms in total. The molecule has 0 aliphatic carbocycles. The molecule has 8 heteroatoms. The summed E-state index contributed by atoms with van der Waals surface area (Å²) in [7, 11) is -4.08. The third kappa shape index (κ3) is 15.0. The highest BCUT2D eigenvalue weighted by Crippen LogP contribution is 2.62. The Morgan fingerprint density at radius 1 is 0.400 bits per heavy atom. The van der Waals surface area contributed by atoms with E-state index in [4.69, 9.17) is 13.6 Å². The Bertz CT molecular complexity index is 779. The van der Waals surface area contributed by atoms with Crippen molar-refractivity contribution in [1.29, 1.82) is 0 Å². The summed E-state index contributed by atoms with van der Waals surface area (Å²) in [6, 6.07) is 0. The Labute approximate surface area is 311 Å². The molecule has 50 heavy (non-hydrogen) atoms. The Hall–Kier alpha value is -0.0100. The lowest BCUT2D eigenvalue weighted by Gasteiger charge is -2.46. The van der Waals surface area contributed by atoms with Crippen LogP contribution >= 0.6 is 7.82 Å². The van der Waals surface area contributed by atoms with Crippen molar-refractivity contribution in [2.24, 2.45) is 0 Å². The average Bonchev–Trinajstić information content (AvgIpc) is 3.92. The zero-order chi connectivity index (χ0) is 36.2. The SMILES string of the molecule is CCCCC(CCCC)(CN1CCCC1)OP(=O)(OC(CCCC)(CCCC)CN1CCCC1)OC(CCCC)(CCCC)CN1CCCC1. The first-order chi connectivity index (χ1) is 24.2. The van der Waals surface area contributed by atoms with Gasteiger partial charge in [0.05, 0.1) is 16.8 Å². The lowest BCUT2D eigenvalue weighted by Crippen LogP contribution is -2.49. The zero-order valence-electron chi connectivity index (χ0n) is 34.3. The number of phosphoric acid groups is 1. The van der Waals surface area contributed by atoms with Crippen LogP contribution in [0.1, 0.15) is 196 Å². The molecule has 0 bridgehead atoms. The van der Waals surface area contributed by atoms with Crippen molar-refractivity contribution >= 4 is 7.82 Å². The van der Waals surface area contributed by atoms with Crippen LogP contribution in [-0.4, -0.2) is 90.4 Å². The first-order valence-electron chi connectivity index (χ1n) is 22.1. The van der Waals surface area contributed by atoms with Gasteiger partial charge in [-0.2, -0.15) is 0 Å². The minimum Gasteiger partial charge on any atom is -0.300 e. The van der Waals surface area contributed by atoms with E-state index in [2.05, 4.69) is 56.2 Å². The largest absolute Gasteiger partial charge is 0.476 e. The number of phosphoric ester groups is 1. The number of rotatable bonds is 30. The van der Waals surface area contributed by atoms with Crippen LogP contribution in [0.4, 0.5) is 0 Å². The number of likely N-dealkylation sites (tertiary alicyclic amines) is 3. The molecule has 0 aromatic rings. The van der Waals surface area contributed by atoms with E-state index in [0.29, 0.717) is 0 Å². The molecule has 296 valence electrons. The van der Waals surface area contributed by atoms with E-state index in [-0.39, 0.29) is 0 Å². The van der Waals surface area contributed by atoms with Crippen LogP contribution in [0.5, 0.6) is 0 Å². The molecular weight excluding hydrogens is 641 g/mol. The molecule has 0 amide bonds. The van der Waals surface area contributed by atoms with Gasteiger partial charge < -0.3 is 14.7 Å².